The number of rotatable bonds is 5. The van der Waals surface area contributed by atoms with Gasteiger partial charge in [0.2, 0.25) is 0 Å². The molecule has 128 valence electrons. The van der Waals surface area contributed by atoms with E-state index in [1.807, 2.05) is 12.1 Å². The molecule has 0 saturated carbocycles. The molecule has 0 saturated heterocycles. The van der Waals surface area contributed by atoms with Gasteiger partial charge in [0.1, 0.15) is 0 Å². The second-order valence-corrected chi connectivity index (χ2v) is 6.54. The monoisotopic (exact) mass is 363 g/mol. The first-order valence-corrected chi connectivity index (χ1v) is 8.73. The number of hydrogen-bond donors (Lipinski definition) is 0. The molecule has 0 fully saturated rings. The minimum atomic E-state index is 0. The van der Waals surface area contributed by atoms with E-state index in [1.54, 1.807) is 12.1 Å². The second-order valence-electron chi connectivity index (χ2n) is 6.11. The second kappa shape index (κ2) is 9.10. The standard InChI is InChI=1S/C20H22ClNO.ClH/c21-18-12-10-17(11-13-18)20(23)9-5-15-22-14-4-3-7-16-6-1-2-8-19(16)22;/h1-2,6,8,10-13H,3-5,7,9,14-15H2;1H. The summed E-state index contributed by atoms with van der Waals surface area (Å²) in [6, 6.07) is 15.8. The topological polar surface area (TPSA) is 20.3 Å². The van der Waals surface area contributed by atoms with Crippen LogP contribution in [0.1, 0.15) is 41.6 Å². The molecule has 1 heterocycles. The number of aryl methyl sites for hydroxylation is 1. The van der Waals surface area contributed by atoms with Crippen LogP contribution < -0.4 is 4.90 Å². The molecular formula is C20H23Cl2NO. The van der Waals surface area contributed by atoms with Gasteiger partial charge in [-0.3, -0.25) is 4.79 Å². The highest BCUT2D eigenvalue weighted by atomic mass is 35.5. The number of para-hydroxylation sites is 1. The fraction of sp³-hybridized carbons (Fsp3) is 0.350. The minimum Gasteiger partial charge on any atom is -0.371 e. The third kappa shape index (κ3) is 4.75. The van der Waals surface area contributed by atoms with E-state index in [9.17, 15) is 4.79 Å². The van der Waals surface area contributed by atoms with Gasteiger partial charge < -0.3 is 4.90 Å². The van der Waals surface area contributed by atoms with E-state index in [-0.39, 0.29) is 18.2 Å². The summed E-state index contributed by atoms with van der Waals surface area (Å²) in [5, 5.41) is 0.669. The Morgan fingerprint density at radius 2 is 1.79 bits per heavy atom. The highest BCUT2D eigenvalue weighted by Gasteiger charge is 2.15. The van der Waals surface area contributed by atoms with Gasteiger partial charge in [-0.2, -0.15) is 0 Å². The largest absolute Gasteiger partial charge is 0.371 e. The number of benzene rings is 2. The van der Waals surface area contributed by atoms with Gasteiger partial charge in [-0.25, -0.2) is 0 Å². The average Bonchev–Trinajstić information content (AvgIpc) is 2.78. The maximum absolute atomic E-state index is 12.2. The Hall–Kier alpha value is -1.51. The Morgan fingerprint density at radius 1 is 1.04 bits per heavy atom. The van der Waals surface area contributed by atoms with Crippen LogP contribution >= 0.6 is 24.0 Å². The van der Waals surface area contributed by atoms with Crippen molar-refractivity contribution in [2.24, 2.45) is 0 Å². The lowest BCUT2D eigenvalue weighted by Crippen LogP contribution is -2.25. The number of halogens is 2. The molecule has 0 aliphatic carbocycles. The fourth-order valence-corrected chi connectivity index (χ4v) is 3.34. The molecule has 0 unspecified atom stereocenters. The molecule has 24 heavy (non-hydrogen) atoms. The Kier molecular flexibility index (Phi) is 7.14. The van der Waals surface area contributed by atoms with Crippen molar-refractivity contribution in [3.63, 3.8) is 0 Å². The molecule has 2 nitrogen and oxygen atoms in total. The highest BCUT2D eigenvalue weighted by Crippen LogP contribution is 2.26. The normalized spacial score (nSPS) is 13.6. The molecular weight excluding hydrogens is 341 g/mol. The predicted octanol–water partition coefficient (Wildman–Crippen LogP) is 5.57. The van der Waals surface area contributed by atoms with Crippen molar-refractivity contribution in [3.8, 4) is 0 Å². The summed E-state index contributed by atoms with van der Waals surface area (Å²) in [6.07, 6.45) is 5.10. The van der Waals surface area contributed by atoms with E-state index in [1.165, 1.54) is 24.1 Å². The zero-order chi connectivity index (χ0) is 16.1. The molecule has 0 spiro atoms. The van der Waals surface area contributed by atoms with Crippen LogP contribution in [0.2, 0.25) is 5.02 Å². The van der Waals surface area contributed by atoms with Gasteiger partial charge in [-0.15, -0.1) is 12.4 Å². The molecule has 0 aromatic heterocycles. The quantitative estimate of drug-likeness (QED) is 0.647. The van der Waals surface area contributed by atoms with Crippen LogP contribution in [0.3, 0.4) is 0 Å². The van der Waals surface area contributed by atoms with Gasteiger partial charge >= 0.3 is 0 Å². The molecule has 1 aliphatic rings. The maximum atomic E-state index is 12.2. The first-order chi connectivity index (χ1) is 11.2. The Balaban J connectivity index is 0.00000208. The van der Waals surface area contributed by atoms with Crippen molar-refractivity contribution in [3.05, 3.63) is 64.7 Å². The van der Waals surface area contributed by atoms with E-state index in [2.05, 4.69) is 29.2 Å². The number of carbonyl (C=O) groups is 1. The summed E-state index contributed by atoms with van der Waals surface area (Å²) in [5.41, 5.74) is 3.55. The number of nitrogens with zero attached hydrogens (tertiary/aromatic N) is 1. The Bertz CT molecular complexity index is 670. The molecule has 0 amide bonds. The van der Waals surface area contributed by atoms with Crippen molar-refractivity contribution in [1.82, 2.24) is 0 Å². The molecule has 2 aromatic carbocycles. The average molecular weight is 364 g/mol. The SMILES string of the molecule is Cl.O=C(CCCN1CCCCc2ccccc21)c1ccc(Cl)cc1. The number of fused-ring (bicyclic) bond motifs is 1. The molecule has 4 heteroatoms. The van der Waals surface area contributed by atoms with Crippen molar-refractivity contribution in [2.75, 3.05) is 18.0 Å². The van der Waals surface area contributed by atoms with Crippen LogP contribution in [0.5, 0.6) is 0 Å². The van der Waals surface area contributed by atoms with Crippen molar-refractivity contribution in [2.45, 2.75) is 32.1 Å². The van der Waals surface area contributed by atoms with Crippen molar-refractivity contribution >= 4 is 35.5 Å². The minimum absolute atomic E-state index is 0. The van der Waals surface area contributed by atoms with E-state index in [4.69, 9.17) is 11.6 Å². The van der Waals surface area contributed by atoms with Crippen LogP contribution in [0.25, 0.3) is 0 Å². The van der Waals surface area contributed by atoms with E-state index in [0.29, 0.717) is 11.4 Å². The zero-order valence-corrected chi connectivity index (χ0v) is 15.3. The third-order valence-electron chi connectivity index (χ3n) is 4.45. The molecule has 0 N–H and O–H groups in total. The number of anilines is 1. The molecule has 0 atom stereocenters. The van der Waals surface area contributed by atoms with Gasteiger partial charge in [0.25, 0.3) is 0 Å². The summed E-state index contributed by atoms with van der Waals surface area (Å²) >= 11 is 5.87. The van der Waals surface area contributed by atoms with E-state index >= 15 is 0 Å². The third-order valence-corrected chi connectivity index (χ3v) is 4.71. The first-order valence-electron chi connectivity index (χ1n) is 8.35. The summed E-state index contributed by atoms with van der Waals surface area (Å²) in [5.74, 6) is 0.199. The molecule has 3 rings (SSSR count). The molecule has 0 bridgehead atoms. The summed E-state index contributed by atoms with van der Waals surface area (Å²) < 4.78 is 0. The zero-order valence-electron chi connectivity index (χ0n) is 13.7. The number of carbonyl (C=O) groups excluding carboxylic acids is 1. The van der Waals surface area contributed by atoms with Gasteiger partial charge in [0.05, 0.1) is 0 Å². The molecule has 0 radical (unpaired) electrons. The van der Waals surface area contributed by atoms with E-state index in [0.717, 1.165) is 31.5 Å². The van der Waals surface area contributed by atoms with Crippen molar-refractivity contribution < 1.29 is 4.79 Å². The highest BCUT2D eigenvalue weighted by molar-refractivity contribution is 6.30. The van der Waals surface area contributed by atoms with Gasteiger partial charge in [0.15, 0.2) is 5.78 Å². The molecule has 1 aliphatic heterocycles. The van der Waals surface area contributed by atoms with E-state index < -0.39 is 0 Å². The predicted molar refractivity (Wildman–Crippen MR) is 104 cm³/mol. The van der Waals surface area contributed by atoms with Crippen LogP contribution in [-0.2, 0) is 6.42 Å². The lowest BCUT2D eigenvalue weighted by atomic mass is 10.1. The fourth-order valence-electron chi connectivity index (χ4n) is 3.21. The van der Waals surface area contributed by atoms with Gasteiger partial charge in [-0.05, 0) is 61.6 Å². The Morgan fingerprint density at radius 3 is 2.58 bits per heavy atom. The number of hydrogen-bond acceptors (Lipinski definition) is 2. The van der Waals surface area contributed by atoms with Crippen LogP contribution in [0.15, 0.2) is 48.5 Å². The molecule has 2 aromatic rings. The van der Waals surface area contributed by atoms with Crippen LogP contribution in [0, 0.1) is 0 Å². The summed E-state index contributed by atoms with van der Waals surface area (Å²) in [6.45, 7) is 2.03. The summed E-state index contributed by atoms with van der Waals surface area (Å²) in [7, 11) is 0. The van der Waals surface area contributed by atoms with Crippen LogP contribution in [-0.4, -0.2) is 18.9 Å². The number of ketones is 1. The Labute approximate surface area is 155 Å². The number of Topliss-reactive ketones (excluding diaryl/α,β-unsaturated/α-hetero) is 1. The lowest BCUT2D eigenvalue weighted by molar-refractivity contribution is 0.0980. The first kappa shape index (κ1) is 18.8. The van der Waals surface area contributed by atoms with Gasteiger partial charge in [-0.1, -0.05) is 29.8 Å². The van der Waals surface area contributed by atoms with Crippen LogP contribution in [0.4, 0.5) is 5.69 Å². The van der Waals surface area contributed by atoms with Crippen molar-refractivity contribution in [1.29, 1.82) is 0 Å². The van der Waals surface area contributed by atoms with Gasteiger partial charge in [0, 0.05) is 35.8 Å². The lowest BCUT2D eigenvalue weighted by Gasteiger charge is -2.24. The smallest absolute Gasteiger partial charge is 0.162 e. The maximum Gasteiger partial charge on any atom is 0.162 e. The summed E-state index contributed by atoms with van der Waals surface area (Å²) in [4.78, 5) is 14.7.